The number of rotatable bonds is 4. The number of amidine groups is 1. The monoisotopic (exact) mass is 353 g/mol. The van der Waals surface area contributed by atoms with E-state index >= 15 is 3.50 Å². The SMILES string of the molecule is CC(C)N=C(c1ccccc1)[N](C(C)C)[Ge]([F])[C](C)(C)C. The van der Waals surface area contributed by atoms with Crippen LogP contribution in [-0.4, -0.2) is 36.8 Å². The minimum absolute atomic E-state index is 0.113. The molecule has 0 spiro atoms. The summed E-state index contributed by atoms with van der Waals surface area (Å²) >= 11 is -2.96. The molecule has 0 aromatic heterocycles. The molecule has 21 heavy (non-hydrogen) atoms. The molecule has 0 saturated heterocycles. The third-order valence-electron chi connectivity index (χ3n) is 2.99. The predicted molar refractivity (Wildman–Crippen MR) is 91.7 cm³/mol. The molecule has 1 rings (SSSR count). The van der Waals surface area contributed by atoms with E-state index in [9.17, 15) is 0 Å². The first kappa shape index (κ1) is 18.2. The quantitative estimate of drug-likeness (QED) is 0.431. The maximum atomic E-state index is 15.2. The standard InChI is InChI=1S/C17H28FGeN2/c1-13(2)20-16(15-11-9-8-10-12-15)21(14(3)4)19(18)17(5,6)7/h8-14H,1-7H3. The van der Waals surface area contributed by atoms with E-state index in [0.717, 1.165) is 11.4 Å². The van der Waals surface area contributed by atoms with E-state index < -0.39 is 15.0 Å². The molecule has 0 aliphatic heterocycles. The molecule has 0 heterocycles. The van der Waals surface area contributed by atoms with Crippen LogP contribution < -0.4 is 0 Å². The molecule has 0 atom stereocenters. The number of hydrogen-bond acceptors (Lipinski definition) is 1. The Bertz CT molecular complexity index is 463. The molecule has 1 radical (unpaired) electrons. The van der Waals surface area contributed by atoms with Crippen molar-refractivity contribution >= 4 is 20.9 Å². The normalized spacial score (nSPS) is 13.4. The van der Waals surface area contributed by atoms with E-state index in [1.54, 1.807) is 0 Å². The average molecular weight is 352 g/mol. The molecule has 117 valence electrons. The Labute approximate surface area is 134 Å². The molecule has 1 aromatic rings. The number of nitrogens with zero attached hydrogens (tertiary/aromatic N) is 2. The molecule has 0 amide bonds. The average Bonchev–Trinajstić information content (AvgIpc) is 2.37. The van der Waals surface area contributed by atoms with Gasteiger partial charge in [0, 0.05) is 0 Å². The summed E-state index contributed by atoms with van der Waals surface area (Å²) in [6, 6.07) is 10.2. The maximum absolute atomic E-state index is 15.2. The summed E-state index contributed by atoms with van der Waals surface area (Å²) in [6.45, 7) is 14.2. The Morgan fingerprint density at radius 1 is 1.10 bits per heavy atom. The van der Waals surface area contributed by atoms with E-state index in [2.05, 4.69) is 13.8 Å². The Kier molecular flexibility index (Phi) is 6.45. The van der Waals surface area contributed by atoms with Crippen molar-refractivity contribution in [2.45, 2.75) is 64.8 Å². The van der Waals surface area contributed by atoms with Crippen LogP contribution in [0.15, 0.2) is 35.3 Å². The van der Waals surface area contributed by atoms with Crippen molar-refractivity contribution in [3.8, 4) is 0 Å². The van der Waals surface area contributed by atoms with Crippen LogP contribution in [0.4, 0.5) is 3.50 Å². The van der Waals surface area contributed by atoms with E-state index in [1.165, 1.54) is 0 Å². The molecule has 0 fully saturated rings. The van der Waals surface area contributed by atoms with Gasteiger partial charge in [-0.05, 0) is 0 Å². The molecule has 0 bridgehead atoms. The molecule has 0 N–H and O–H groups in total. The number of aliphatic imine (C=N–C) groups is 1. The Morgan fingerprint density at radius 3 is 2.00 bits per heavy atom. The topological polar surface area (TPSA) is 15.6 Å². The van der Waals surface area contributed by atoms with Crippen molar-refractivity contribution in [2.24, 2.45) is 4.99 Å². The molecular formula is C17H28FGeN2. The van der Waals surface area contributed by atoms with Gasteiger partial charge in [0.15, 0.2) is 0 Å². The fourth-order valence-corrected chi connectivity index (χ4v) is 5.28. The molecule has 4 heteroatoms. The molecule has 0 aliphatic rings. The van der Waals surface area contributed by atoms with E-state index in [4.69, 9.17) is 4.99 Å². The van der Waals surface area contributed by atoms with Crippen LogP contribution >= 0.6 is 0 Å². The second-order valence-electron chi connectivity index (χ2n) is 6.92. The van der Waals surface area contributed by atoms with E-state index in [1.807, 2.05) is 68.8 Å². The Hall–Kier alpha value is -0.837. The first-order chi connectivity index (χ1) is 9.64. The molecular weight excluding hydrogens is 324 g/mol. The summed E-state index contributed by atoms with van der Waals surface area (Å²) in [7, 11) is 0. The predicted octanol–water partition coefficient (Wildman–Crippen LogP) is 4.81. The molecule has 0 saturated carbocycles. The van der Waals surface area contributed by atoms with Gasteiger partial charge in [-0.1, -0.05) is 0 Å². The van der Waals surface area contributed by atoms with Gasteiger partial charge in [0.25, 0.3) is 0 Å². The second kappa shape index (κ2) is 7.43. The first-order valence-electron chi connectivity index (χ1n) is 7.60. The van der Waals surface area contributed by atoms with Gasteiger partial charge >= 0.3 is 134 Å². The van der Waals surface area contributed by atoms with E-state index in [-0.39, 0.29) is 16.3 Å². The summed E-state index contributed by atoms with van der Waals surface area (Å²) in [4.78, 5) is 4.75. The Balaban J connectivity index is 3.34. The van der Waals surface area contributed by atoms with Crippen molar-refractivity contribution in [1.29, 1.82) is 0 Å². The van der Waals surface area contributed by atoms with Gasteiger partial charge < -0.3 is 0 Å². The molecule has 1 aromatic carbocycles. The van der Waals surface area contributed by atoms with Crippen LogP contribution in [0.1, 0.15) is 54.0 Å². The van der Waals surface area contributed by atoms with Gasteiger partial charge in [-0.25, -0.2) is 0 Å². The molecule has 0 unspecified atom stereocenters. The third kappa shape index (κ3) is 5.13. The van der Waals surface area contributed by atoms with Gasteiger partial charge in [0.05, 0.1) is 0 Å². The van der Waals surface area contributed by atoms with Crippen LogP contribution in [0.2, 0.25) is 4.25 Å². The third-order valence-corrected chi connectivity index (χ3v) is 8.00. The zero-order valence-electron chi connectivity index (χ0n) is 14.3. The number of hydrogen-bond donors (Lipinski definition) is 0. The van der Waals surface area contributed by atoms with Crippen molar-refractivity contribution in [2.75, 3.05) is 0 Å². The van der Waals surface area contributed by atoms with Gasteiger partial charge in [0.2, 0.25) is 0 Å². The summed E-state index contributed by atoms with van der Waals surface area (Å²) in [6.07, 6.45) is 0. The summed E-state index contributed by atoms with van der Waals surface area (Å²) in [5.41, 5.74) is 1.01. The summed E-state index contributed by atoms with van der Waals surface area (Å²) in [5, 5.41) is 0. The van der Waals surface area contributed by atoms with Gasteiger partial charge in [-0.3, -0.25) is 0 Å². The van der Waals surface area contributed by atoms with Crippen molar-refractivity contribution in [3.63, 3.8) is 0 Å². The van der Waals surface area contributed by atoms with Gasteiger partial charge in [0.1, 0.15) is 0 Å². The van der Waals surface area contributed by atoms with E-state index in [0.29, 0.717) is 0 Å². The van der Waals surface area contributed by atoms with Crippen molar-refractivity contribution in [3.05, 3.63) is 35.9 Å². The number of benzene rings is 1. The molecule has 2 nitrogen and oxygen atoms in total. The zero-order chi connectivity index (χ0) is 16.2. The Morgan fingerprint density at radius 2 is 1.62 bits per heavy atom. The van der Waals surface area contributed by atoms with Crippen LogP contribution in [0.25, 0.3) is 0 Å². The van der Waals surface area contributed by atoms with Crippen LogP contribution in [0.5, 0.6) is 0 Å². The van der Waals surface area contributed by atoms with Crippen LogP contribution in [0, 0.1) is 0 Å². The minimum atomic E-state index is -2.96. The fourth-order valence-electron chi connectivity index (χ4n) is 2.03. The number of halogens is 1. The zero-order valence-corrected chi connectivity index (χ0v) is 16.4. The van der Waals surface area contributed by atoms with Crippen molar-refractivity contribution in [1.82, 2.24) is 3.86 Å². The van der Waals surface area contributed by atoms with Crippen molar-refractivity contribution < 1.29 is 3.50 Å². The van der Waals surface area contributed by atoms with Gasteiger partial charge in [-0.15, -0.1) is 0 Å². The summed E-state index contributed by atoms with van der Waals surface area (Å²) in [5.74, 6) is 0.813. The van der Waals surface area contributed by atoms with Gasteiger partial charge in [-0.2, -0.15) is 0 Å². The summed E-state index contributed by atoms with van der Waals surface area (Å²) < 4.78 is 16.9. The first-order valence-corrected chi connectivity index (χ1v) is 10.4. The fraction of sp³-hybridized carbons (Fsp3) is 0.588. The second-order valence-corrected chi connectivity index (χ2v) is 12.3. The van der Waals surface area contributed by atoms with Crippen LogP contribution in [-0.2, 0) is 0 Å². The van der Waals surface area contributed by atoms with Crippen LogP contribution in [0.3, 0.4) is 0 Å². The molecule has 0 aliphatic carbocycles.